The summed E-state index contributed by atoms with van der Waals surface area (Å²) in [6, 6.07) is -0.129. The third kappa shape index (κ3) is 3.32. The highest BCUT2D eigenvalue weighted by Crippen LogP contribution is 2.11. The van der Waals surface area contributed by atoms with Crippen LogP contribution in [0.1, 0.15) is 12.8 Å². The van der Waals surface area contributed by atoms with Crippen LogP contribution < -0.4 is 10.0 Å². The number of likely N-dealkylation sites (N-methyl/N-ethyl adjacent to an activating group) is 1. The standard InChI is InChI=1S/C8H17N3O4S/c1-11(7-4-3-5-9-6-7)16(13,14)10-8(12)15-2/h7,9H,3-6H2,1-2H3,(H,10,12). The molecule has 2 N–H and O–H groups in total. The first kappa shape index (κ1) is 13.2. The van der Waals surface area contributed by atoms with Crippen LogP contribution in [0.3, 0.4) is 0 Å². The van der Waals surface area contributed by atoms with Crippen molar-refractivity contribution in [3.05, 3.63) is 0 Å². The van der Waals surface area contributed by atoms with Crippen molar-refractivity contribution in [1.82, 2.24) is 14.3 Å². The number of nitrogens with one attached hydrogen (secondary N) is 2. The van der Waals surface area contributed by atoms with Crippen LogP contribution in [0.5, 0.6) is 0 Å². The summed E-state index contributed by atoms with van der Waals surface area (Å²) in [5, 5.41) is 3.11. The quantitative estimate of drug-likeness (QED) is 0.690. The Morgan fingerprint density at radius 2 is 2.25 bits per heavy atom. The van der Waals surface area contributed by atoms with Crippen LogP contribution in [-0.2, 0) is 14.9 Å². The fraction of sp³-hybridized carbons (Fsp3) is 0.875. The molecular weight excluding hydrogens is 234 g/mol. The van der Waals surface area contributed by atoms with Gasteiger partial charge in [-0.2, -0.15) is 12.7 Å². The molecule has 1 saturated heterocycles. The molecule has 0 spiro atoms. The van der Waals surface area contributed by atoms with E-state index >= 15 is 0 Å². The minimum Gasteiger partial charge on any atom is -0.452 e. The zero-order chi connectivity index (χ0) is 12.2. The van der Waals surface area contributed by atoms with Crippen molar-refractivity contribution in [3.63, 3.8) is 0 Å². The Kier molecular flexibility index (Phi) is 4.51. The smallest absolute Gasteiger partial charge is 0.421 e. The number of amides is 1. The van der Waals surface area contributed by atoms with Crippen molar-refractivity contribution in [2.75, 3.05) is 27.2 Å². The van der Waals surface area contributed by atoms with Crippen LogP contribution in [0.2, 0.25) is 0 Å². The lowest BCUT2D eigenvalue weighted by Gasteiger charge is -2.30. The minimum atomic E-state index is -3.80. The lowest BCUT2D eigenvalue weighted by Crippen LogP contribution is -2.51. The Labute approximate surface area is 95.3 Å². The maximum atomic E-state index is 11.7. The SMILES string of the molecule is COC(=O)NS(=O)(=O)N(C)C1CCCNC1. The van der Waals surface area contributed by atoms with E-state index in [1.807, 2.05) is 4.72 Å². The van der Waals surface area contributed by atoms with Crippen molar-refractivity contribution in [2.24, 2.45) is 0 Å². The van der Waals surface area contributed by atoms with Gasteiger partial charge in [0.1, 0.15) is 0 Å². The van der Waals surface area contributed by atoms with Gasteiger partial charge in [-0.3, -0.25) is 0 Å². The molecule has 94 valence electrons. The molecule has 1 aliphatic rings. The predicted molar refractivity (Wildman–Crippen MR) is 58.1 cm³/mol. The molecular formula is C8H17N3O4S. The number of hydrogen-bond donors (Lipinski definition) is 2. The van der Waals surface area contributed by atoms with Gasteiger partial charge in [-0.15, -0.1) is 0 Å². The normalized spacial score (nSPS) is 21.8. The van der Waals surface area contributed by atoms with E-state index in [1.54, 1.807) is 0 Å². The van der Waals surface area contributed by atoms with E-state index in [-0.39, 0.29) is 6.04 Å². The zero-order valence-electron chi connectivity index (χ0n) is 9.39. The van der Waals surface area contributed by atoms with E-state index in [2.05, 4.69) is 10.1 Å². The summed E-state index contributed by atoms with van der Waals surface area (Å²) in [7, 11) is -1.24. The van der Waals surface area contributed by atoms with E-state index in [4.69, 9.17) is 0 Å². The van der Waals surface area contributed by atoms with Gasteiger partial charge in [-0.1, -0.05) is 0 Å². The zero-order valence-corrected chi connectivity index (χ0v) is 10.2. The molecule has 1 aliphatic heterocycles. The number of hydrogen-bond acceptors (Lipinski definition) is 5. The molecule has 0 aromatic carbocycles. The molecule has 1 heterocycles. The minimum absolute atomic E-state index is 0.129. The molecule has 1 fully saturated rings. The molecule has 0 bridgehead atoms. The highest BCUT2D eigenvalue weighted by atomic mass is 32.2. The molecule has 16 heavy (non-hydrogen) atoms. The Morgan fingerprint density at radius 1 is 1.56 bits per heavy atom. The highest BCUT2D eigenvalue weighted by molar-refractivity contribution is 7.87. The topological polar surface area (TPSA) is 87.7 Å². The summed E-state index contributed by atoms with van der Waals surface area (Å²) >= 11 is 0. The Bertz CT molecular complexity index is 337. The van der Waals surface area contributed by atoms with Crippen LogP contribution >= 0.6 is 0 Å². The van der Waals surface area contributed by atoms with Gasteiger partial charge in [-0.25, -0.2) is 9.52 Å². The van der Waals surface area contributed by atoms with Gasteiger partial charge < -0.3 is 10.1 Å². The molecule has 1 atom stereocenters. The summed E-state index contributed by atoms with van der Waals surface area (Å²) in [5.74, 6) is 0. The van der Waals surface area contributed by atoms with Crippen molar-refractivity contribution in [1.29, 1.82) is 0 Å². The molecule has 7 nitrogen and oxygen atoms in total. The van der Waals surface area contributed by atoms with Gasteiger partial charge in [-0.05, 0) is 19.4 Å². The first-order valence-electron chi connectivity index (χ1n) is 5.02. The lowest BCUT2D eigenvalue weighted by atomic mass is 10.1. The Balaban J connectivity index is 2.63. The maximum Gasteiger partial charge on any atom is 0.421 e. The van der Waals surface area contributed by atoms with Crippen molar-refractivity contribution in [2.45, 2.75) is 18.9 Å². The summed E-state index contributed by atoms with van der Waals surface area (Å²) in [6.45, 7) is 1.49. The van der Waals surface area contributed by atoms with Gasteiger partial charge >= 0.3 is 16.3 Å². The number of methoxy groups -OCH3 is 1. The Morgan fingerprint density at radius 3 is 2.75 bits per heavy atom. The van der Waals surface area contributed by atoms with E-state index < -0.39 is 16.3 Å². The molecule has 0 aromatic heterocycles. The molecule has 0 aliphatic carbocycles. The highest BCUT2D eigenvalue weighted by Gasteiger charge is 2.28. The maximum absolute atomic E-state index is 11.7. The van der Waals surface area contributed by atoms with Crippen LogP contribution in [-0.4, -0.2) is 52.1 Å². The average Bonchev–Trinajstić information content (AvgIpc) is 2.28. The van der Waals surface area contributed by atoms with Gasteiger partial charge in [0.15, 0.2) is 0 Å². The largest absolute Gasteiger partial charge is 0.452 e. The molecule has 0 aromatic rings. The van der Waals surface area contributed by atoms with Crippen molar-refractivity contribution < 1.29 is 17.9 Å². The third-order valence-corrected chi connectivity index (χ3v) is 4.04. The van der Waals surface area contributed by atoms with Crippen LogP contribution in [0, 0.1) is 0 Å². The summed E-state index contributed by atoms with van der Waals surface area (Å²) < 4.78 is 30.6. The first-order valence-corrected chi connectivity index (χ1v) is 6.46. The second kappa shape index (κ2) is 5.46. The molecule has 0 saturated carbocycles. The summed E-state index contributed by atoms with van der Waals surface area (Å²) in [6.07, 6.45) is 0.726. The monoisotopic (exact) mass is 251 g/mol. The molecule has 0 radical (unpaired) electrons. The van der Waals surface area contributed by atoms with Gasteiger partial charge in [0, 0.05) is 19.6 Å². The summed E-state index contributed by atoms with van der Waals surface area (Å²) in [4.78, 5) is 10.9. The molecule has 1 rings (SSSR count). The van der Waals surface area contributed by atoms with E-state index in [0.29, 0.717) is 6.54 Å². The van der Waals surface area contributed by atoms with E-state index in [0.717, 1.165) is 30.8 Å². The molecule has 1 amide bonds. The number of nitrogens with zero attached hydrogens (tertiary/aromatic N) is 1. The molecule has 1 unspecified atom stereocenters. The van der Waals surface area contributed by atoms with E-state index in [1.165, 1.54) is 7.05 Å². The summed E-state index contributed by atoms with van der Waals surface area (Å²) in [5.41, 5.74) is 0. The van der Waals surface area contributed by atoms with Crippen LogP contribution in [0.25, 0.3) is 0 Å². The Hall–Kier alpha value is -0.860. The number of ether oxygens (including phenoxy) is 1. The van der Waals surface area contributed by atoms with Gasteiger partial charge in [0.2, 0.25) is 0 Å². The van der Waals surface area contributed by atoms with Gasteiger partial charge in [0.05, 0.1) is 7.11 Å². The average molecular weight is 251 g/mol. The number of rotatable bonds is 3. The van der Waals surface area contributed by atoms with Crippen molar-refractivity contribution >= 4 is 16.3 Å². The van der Waals surface area contributed by atoms with Crippen LogP contribution in [0.15, 0.2) is 0 Å². The van der Waals surface area contributed by atoms with Crippen molar-refractivity contribution in [3.8, 4) is 0 Å². The number of piperidine rings is 1. The number of carbonyl (C=O) groups excluding carboxylic acids is 1. The lowest BCUT2D eigenvalue weighted by molar-refractivity contribution is 0.176. The van der Waals surface area contributed by atoms with Gasteiger partial charge in [0.25, 0.3) is 0 Å². The second-order valence-electron chi connectivity index (χ2n) is 3.62. The second-order valence-corrected chi connectivity index (χ2v) is 5.35. The number of carbonyl (C=O) groups is 1. The third-order valence-electron chi connectivity index (χ3n) is 2.56. The fourth-order valence-corrected chi connectivity index (χ4v) is 2.57. The molecule has 8 heteroatoms. The first-order chi connectivity index (χ1) is 7.47. The fourth-order valence-electron chi connectivity index (χ4n) is 1.56. The van der Waals surface area contributed by atoms with E-state index in [9.17, 15) is 13.2 Å². The predicted octanol–water partition coefficient (Wildman–Crippen LogP) is -0.729. The van der Waals surface area contributed by atoms with Crippen LogP contribution in [0.4, 0.5) is 4.79 Å².